The van der Waals surface area contributed by atoms with E-state index in [2.05, 4.69) is 0 Å². The Morgan fingerprint density at radius 3 is 2.22 bits per heavy atom. The van der Waals surface area contributed by atoms with E-state index in [4.69, 9.17) is 4.74 Å². The summed E-state index contributed by atoms with van der Waals surface area (Å²) in [6.07, 6.45) is -5.86. The van der Waals surface area contributed by atoms with Gasteiger partial charge in [0.2, 0.25) is 0 Å². The lowest BCUT2D eigenvalue weighted by Gasteiger charge is -2.15. The van der Waals surface area contributed by atoms with Gasteiger partial charge in [-0.05, 0) is 43.3 Å². The highest BCUT2D eigenvalue weighted by Crippen LogP contribution is 2.29. The molecule has 2 rings (SSSR count). The number of hydrogen-bond acceptors (Lipinski definition) is 4. The lowest BCUT2D eigenvalue weighted by atomic mass is 10.2. The molecule has 0 saturated heterocycles. The van der Waals surface area contributed by atoms with Gasteiger partial charge in [0.1, 0.15) is 0 Å². The van der Waals surface area contributed by atoms with Crippen molar-refractivity contribution in [2.45, 2.75) is 24.1 Å². The van der Waals surface area contributed by atoms with Gasteiger partial charge in [0.05, 0.1) is 10.5 Å². The Balaban J connectivity index is 1.99. The Kier molecular flexibility index (Phi) is 6.06. The Bertz CT molecular complexity index is 915. The number of rotatable bonds is 6. The highest BCUT2D eigenvalue weighted by molar-refractivity contribution is 7.89. The molecule has 0 aliphatic heterocycles. The molecule has 1 atom stereocenters. The summed E-state index contributed by atoms with van der Waals surface area (Å²) in [5.74, 6) is -1.85. The number of hydrogen-bond donors (Lipinski definition) is 2. The molecule has 146 valence electrons. The van der Waals surface area contributed by atoms with Gasteiger partial charge in [0.15, 0.2) is 17.7 Å². The quantitative estimate of drug-likeness (QED) is 0.571. The number of carbonyl (C=O) groups is 1. The van der Waals surface area contributed by atoms with E-state index in [9.17, 15) is 30.8 Å². The van der Waals surface area contributed by atoms with E-state index < -0.39 is 44.5 Å². The number of para-hydroxylation sites is 1. The number of carbonyl (C=O) groups excluding carboxylic acids is 1. The summed E-state index contributed by atoms with van der Waals surface area (Å²) in [6.45, 7) is 1.26. The molecule has 2 N–H and O–H groups in total. The molecular formula is C16H14F4N2O4S. The number of amides is 1. The van der Waals surface area contributed by atoms with Crippen molar-refractivity contribution < 1.29 is 35.5 Å². The standard InChI is InChI=1S/C16H14F4N2O4S/c1-10(26-14-5-3-2-4-13(14)17)15(23)21-22-27(24,25)12-8-6-11(7-9-12)16(18,19)20/h2-10,22H,1H3,(H,21,23)/t10-/m1/s1. The first-order valence-electron chi connectivity index (χ1n) is 7.41. The van der Waals surface area contributed by atoms with Crippen LogP contribution in [0.25, 0.3) is 0 Å². The van der Waals surface area contributed by atoms with Crippen molar-refractivity contribution in [1.29, 1.82) is 0 Å². The monoisotopic (exact) mass is 406 g/mol. The van der Waals surface area contributed by atoms with Crippen LogP contribution in [0.5, 0.6) is 5.75 Å². The Morgan fingerprint density at radius 2 is 1.67 bits per heavy atom. The van der Waals surface area contributed by atoms with E-state index in [1.165, 1.54) is 25.1 Å². The molecule has 2 aromatic carbocycles. The summed E-state index contributed by atoms with van der Waals surface area (Å²) in [6, 6.07) is 7.99. The molecule has 0 unspecified atom stereocenters. The maximum absolute atomic E-state index is 13.5. The molecule has 0 aliphatic rings. The topological polar surface area (TPSA) is 84.5 Å². The minimum absolute atomic E-state index is 0.203. The van der Waals surface area contributed by atoms with Gasteiger partial charge < -0.3 is 4.74 Å². The van der Waals surface area contributed by atoms with Crippen molar-refractivity contribution in [2.24, 2.45) is 0 Å². The second-order valence-corrected chi connectivity index (χ2v) is 6.99. The maximum atomic E-state index is 13.5. The van der Waals surface area contributed by atoms with E-state index in [1.807, 2.05) is 5.43 Å². The van der Waals surface area contributed by atoms with Crippen LogP contribution in [0, 0.1) is 5.82 Å². The summed E-state index contributed by atoms with van der Waals surface area (Å²) in [5, 5.41) is 0. The van der Waals surface area contributed by atoms with E-state index in [1.54, 1.807) is 4.83 Å². The van der Waals surface area contributed by atoms with Crippen molar-refractivity contribution in [3.05, 3.63) is 59.9 Å². The molecule has 0 bridgehead atoms. The fraction of sp³-hybridized carbons (Fsp3) is 0.188. The number of benzene rings is 2. The molecule has 2 aromatic rings. The average molecular weight is 406 g/mol. The first-order valence-corrected chi connectivity index (χ1v) is 8.89. The highest BCUT2D eigenvalue weighted by atomic mass is 32.2. The molecule has 0 spiro atoms. The van der Waals surface area contributed by atoms with Gasteiger partial charge >= 0.3 is 6.18 Å². The number of halogens is 4. The van der Waals surface area contributed by atoms with E-state index in [-0.39, 0.29) is 5.75 Å². The largest absolute Gasteiger partial charge is 0.478 e. The third-order valence-corrected chi connectivity index (χ3v) is 4.57. The molecule has 1 amide bonds. The van der Waals surface area contributed by atoms with Crippen molar-refractivity contribution in [1.82, 2.24) is 10.3 Å². The van der Waals surface area contributed by atoms with Gasteiger partial charge in [0.25, 0.3) is 15.9 Å². The van der Waals surface area contributed by atoms with Crippen LogP contribution in [0.2, 0.25) is 0 Å². The van der Waals surface area contributed by atoms with Crippen LogP contribution in [-0.4, -0.2) is 20.4 Å². The predicted octanol–water partition coefficient (Wildman–Crippen LogP) is 2.62. The minimum atomic E-state index is -4.61. The SMILES string of the molecule is C[C@@H](Oc1ccccc1F)C(=O)NNS(=O)(=O)c1ccc(C(F)(F)F)cc1. The highest BCUT2D eigenvalue weighted by Gasteiger charge is 2.30. The van der Waals surface area contributed by atoms with Crippen LogP contribution in [0.3, 0.4) is 0 Å². The second-order valence-electron chi connectivity index (χ2n) is 5.31. The number of sulfonamides is 1. The van der Waals surface area contributed by atoms with Crippen molar-refractivity contribution >= 4 is 15.9 Å². The van der Waals surface area contributed by atoms with E-state index in [0.29, 0.717) is 12.1 Å². The molecule has 0 aromatic heterocycles. The molecule has 6 nitrogen and oxygen atoms in total. The van der Waals surface area contributed by atoms with Crippen LogP contribution in [-0.2, 0) is 21.0 Å². The molecular weight excluding hydrogens is 392 g/mol. The van der Waals surface area contributed by atoms with Gasteiger partial charge in [0, 0.05) is 0 Å². The smallest absolute Gasteiger partial charge is 0.416 e. The van der Waals surface area contributed by atoms with Crippen LogP contribution >= 0.6 is 0 Å². The summed E-state index contributed by atoms with van der Waals surface area (Å²) in [5.41, 5.74) is 0.843. The zero-order valence-corrected chi connectivity index (χ0v) is 14.6. The zero-order valence-electron chi connectivity index (χ0n) is 13.7. The van der Waals surface area contributed by atoms with Crippen LogP contribution in [0.1, 0.15) is 12.5 Å². The minimum Gasteiger partial charge on any atom is -0.478 e. The first-order chi connectivity index (χ1) is 12.5. The van der Waals surface area contributed by atoms with Gasteiger partial charge in [-0.1, -0.05) is 12.1 Å². The molecule has 0 radical (unpaired) electrons. The van der Waals surface area contributed by atoms with Crippen LogP contribution in [0.15, 0.2) is 53.4 Å². The third kappa shape index (κ3) is 5.41. The van der Waals surface area contributed by atoms with Crippen LogP contribution in [0.4, 0.5) is 17.6 Å². The molecule has 27 heavy (non-hydrogen) atoms. The zero-order chi connectivity index (χ0) is 20.2. The number of nitrogens with one attached hydrogen (secondary N) is 2. The predicted molar refractivity (Wildman–Crippen MR) is 86.4 cm³/mol. The summed E-state index contributed by atoms with van der Waals surface area (Å²) >= 11 is 0. The van der Waals surface area contributed by atoms with E-state index in [0.717, 1.165) is 18.2 Å². The van der Waals surface area contributed by atoms with E-state index >= 15 is 0 Å². The molecule has 0 saturated carbocycles. The van der Waals surface area contributed by atoms with Gasteiger partial charge in [-0.15, -0.1) is 4.83 Å². The Labute approximate surface area is 152 Å². The Morgan fingerprint density at radius 1 is 1.07 bits per heavy atom. The number of ether oxygens (including phenoxy) is 1. The van der Waals surface area contributed by atoms with Crippen molar-refractivity contribution in [3.8, 4) is 5.75 Å². The number of alkyl halides is 3. The average Bonchev–Trinajstić information content (AvgIpc) is 2.61. The first kappa shape index (κ1) is 20.6. The number of hydrazine groups is 1. The molecule has 0 heterocycles. The van der Waals surface area contributed by atoms with Gasteiger partial charge in [-0.3, -0.25) is 10.2 Å². The molecule has 0 aliphatic carbocycles. The van der Waals surface area contributed by atoms with Crippen LogP contribution < -0.4 is 15.0 Å². The lowest BCUT2D eigenvalue weighted by molar-refractivity contribution is -0.137. The van der Waals surface area contributed by atoms with Crippen molar-refractivity contribution in [3.63, 3.8) is 0 Å². The third-order valence-electron chi connectivity index (χ3n) is 3.31. The summed E-state index contributed by atoms with van der Waals surface area (Å²) in [4.78, 5) is 13.1. The maximum Gasteiger partial charge on any atom is 0.416 e. The van der Waals surface area contributed by atoms with Gasteiger partial charge in [-0.25, -0.2) is 12.8 Å². The molecule has 11 heteroatoms. The Hall–Kier alpha value is -2.66. The normalized spacial score (nSPS) is 13.1. The fourth-order valence-electron chi connectivity index (χ4n) is 1.89. The molecule has 0 fully saturated rings. The fourth-order valence-corrected chi connectivity index (χ4v) is 2.73. The second kappa shape index (κ2) is 7.92. The van der Waals surface area contributed by atoms with Crippen molar-refractivity contribution in [2.75, 3.05) is 0 Å². The van der Waals surface area contributed by atoms with Gasteiger partial charge in [-0.2, -0.15) is 13.2 Å². The summed E-state index contributed by atoms with van der Waals surface area (Å²) in [7, 11) is -4.31. The lowest BCUT2D eigenvalue weighted by Crippen LogP contribution is -2.47. The summed E-state index contributed by atoms with van der Waals surface area (Å²) < 4.78 is 80.1.